The summed E-state index contributed by atoms with van der Waals surface area (Å²) in [5.74, 6) is 0.985. The van der Waals surface area contributed by atoms with Gasteiger partial charge in [-0.05, 0) is 77.4 Å². The van der Waals surface area contributed by atoms with Crippen LogP contribution in [0.25, 0.3) is 0 Å². The number of carbonyl (C=O) groups excluding carboxylic acids is 2. The van der Waals surface area contributed by atoms with E-state index in [-0.39, 0.29) is 24.0 Å². The number of unbranched alkanes of at least 4 members (excludes halogenated alkanes) is 24. The van der Waals surface area contributed by atoms with Crippen molar-refractivity contribution in [3.8, 4) is 0 Å². The highest BCUT2D eigenvalue weighted by Crippen LogP contribution is 2.30. The first-order valence-electron chi connectivity index (χ1n) is 25.8. The first kappa shape index (κ1) is 51.0. The summed E-state index contributed by atoms with van der Waals surface area (Å²) in [6.07, 6.45) is 48.3. The van der Waals surface area contributed by atoms with Crippen molar-refractivity contribution in [2.75, 3.05) is 20.1 Å². The summed E-state index contributed by atoms with van der Waals surface area (Å²) in [6, 6.07) is 0.138. The number of piperidine rings is 1. The standard InChI is InChI=1S/C51H99N3O2/c1-5-8-11-14-17-20-23-26-33-38-48(39-34-27-24-21-18-15-12-9-6-2)54(50(55)40-35-28-25-22-19-16-13-10-7-3)49(45-46-41-43-53(4)44-42-46)51(56)52-47-36-31-29-30-32-37-47/h46-49H,5-45H2,1-4H3,(H,52,56). The molecule has 330 valence electrons. The van der Waals surface area contributed by atoms with Crippen molar-refractivity contribution in [1.82, 2.24) is 15.1 Å². The number of hydrogen-bond acceptors (Lipinski definition) is 3. The fraction of sp³-hybridized carbons (Fsp3) is 0.961. The quantitative estimate of drug-likeness (QED) is 0.0508. The van der Waals surface area contributed by atoms with E-state index in [0.717, 1.165) is 70.9 Å². The van der Waals surface area contributed by atoms with Gasteiger partial charge in [-0.3, -0.25) is 9.59 Å². The Bertz CT molecular complexity index is 872. The van der Waals surface area contributed by atoms with E-state index in [2.05, 4.69) is 42.9 Å². The van der Waals surface area contributed by atoms with Crippen LogP contribution in [0.5, 0.6) is 0 Å². The van der Waals surface area contributed by atoms with Crippen LogP contribution in [0.2, 0.25) is 0 Å². The molecule has 0 aromatic rings. The van der Waals surface area contributed by atoms with Gasteiger partial charge in [0.15, 0.2) is 0 Å². The fourth-order valence-corrected chi connectivity index (χ4v) is 9.83. The largest absolute Gasteiger partial charge is 0.352 e. The summed E-state index contributed by atoms with van der Waals surface area (Å²) in [5.41, 5.74) is 0. The van der Waals surface area contributed by atoms with E-state index >= 15 is 0 Å². The Morgan fingerprint density at radius 3 is 1.36 bits per heavy atom. The second kappa shape index (κ2) is 35.8. The molecule has 1 saturated carbocycles. The van der Waals surface area contributed by atoms with Crippen molar-refractivity contribution in [3.05, 3.63) is 0 Å². The summed E-state index contributed by atoms with van der Waals surface area (Å²) in [7, 11) is 2.24. The Labute approximate surface area is 350 Å². The van der Waals surface area contributed by atoms with Gasteiger partial charge < -0.3 is 15.1 Å². The van der Waals surface area contributed by atoms with Gasteiger partial charge in [-0.2, -0.15) is 0 Å². The minimum atomic E-state index is -0.320. The maximum Gasteiger partial charge on any atom is 0.243 e. The molecule has 1 saturated heterocycles. The fourth-order valence-electron chi connectivity index (χ4n) is 9.83. The maximum absolute atomic E-state index is 14.8. The lowest BCUT2D eigenvalue weighted by Gasteiger charge is -2.41. The second-order valence-corrected chi connectivity index (χ2v) is 19.0. The third-order valence-corrected chi connectivity index (χ3v) is 13.7. The van der Waals surface area contributed by atoms with Crippen molar-refractivity contribution in [3.63, 3.8) is 0 Å². The minimum absolute atomic E-state index is 0.181. The molecule has 2 aliphatic rings. The number of nitrogens with one attached hydrogen (secondary N) is 1. The van der Waals surface area contributed by atoms with Crippen LogP contribution in [0.1, 0.15) is 271 Å². The molecule has 2 amide bonds. The number of rotatable bonds is 36. The number of nitrogens with zero attached hydrogens (tertiary/aromatic N) is 2. The highest BCUT2D eigenvalue weighted by Gasteiger charge is 2.37. The topological polar surface area (TPSA) is 52.7 Å². The van der Waals surface area contributed by atoms with Crippen LogP contribution in [-0.4, -0.2) is 59.9 Å². The monoisotopic (exact) mass is 786 g/mol. The van der Waals surface area contributed by atoms with Gasteiger partial charge in [0, 0.05) is 18.5 Å². The van der Waals surface area contributed by atoms with Gasteiger partial charge in [-0.25, -0.2) is 0 Å². The lowest BCUT2D eigenvalue weighted by Crippen LogP contribution is -2.56. The van der Waals surface area contributed by atoms with Gasteiger partial charge in [0.25, 0.3) is 0 Å². The molecule has 0 aromatic heterocycles. The van der Waals surface area contributed by atoms with Crippen molar-refractivity contribution in [1.29, 1.82) is 0 Å². The Morgan fingerprint density at radius 2 is 0.929 bits per heavy atom. The lowest BCUT2D eigenvalue weighted by atomic mass is 9.87. The van der Waals surface area contributed by atoms with Crippen LogP contribution in [0.4, 0.5) is 0 Å². The van der Waals surface area contributed by atoms with E-state index in [0.29, 0.717) is 18.2 Å². The first-order chi connectivity index (χ1) is 27.5. The predicted molar refractivity (Wildman–Crippen MR) is 244 cm³/mol. The summed E-state index contributed by atoms with van der Waals surface area (Å²) >= 11 is 0. The van der Waals surface area contributed by atoms with E-state index in [1.807, 2.05) is 0 Å². The molecule has 5 nitrogen and oxygen atoms in total. The van der Waals surface area contributed by atoms with Crippen LogP contribution in [0.15, 0.2) is 0 Å². The van der Waals surface area contributed by atoms with E-state index in [1.165, 1.54) is 186 Å². The average Bonchev–Trinajstić information content (AvgIpc) is 3.47. The summed E-state index contributed by atoms with van der Waals surface area (Å²) in [6.45, 7) is 9.10. The maximum atomic E-state index is 14.8. The van der Waals surface area contributed by atoms with Gasteiger partial charge in [-0.1, -0.05) is 213 Å². The molecule has 56 heavy (non-hydrogen) atoms. The van der Waals surface area contributed by atoms with Gasteiger partial charge >= 0.3 is 0 Å². The number of hydrogen-bond donors (Lipinski definition) is 1. The summed E-state index contributed by atoms with van der Waals surface area (Å²) in [5, 5.41) is 3.62. The van der Waals surface area contributed by atoms with E-state index in [1.54, 1.807) is 0 Å². The average molecular weight is 786 g/mol. The zero-order chi connectivity index (χ0) is 40.3. The molecule has 5 heteroatoms. The van der Waals surface area contributed by atoms with Crippen molar-refractivity contribution in [2.45, 2.75) is 289 Å². The first-order valence-corrected chi connectivity index (χ1v) is 25.8. The molecule has 0 bridgehead atoms. The molecule has 2 fully saturated rings. The zero-order valence-corrected chi connectivity index (χ0v) is 38.5. The Kier molecular flexibility index (Phi) is 32.6. The van der Waals surface area contributed by atoms with Crippen molar-refractivity contribution >= 4 is 11.8 Å². The van der Waals surface area contributed by atoms with Crippen LogP contribution in [-0.2, 0) is 9.59 Å². The highest BCUT2D eigenvalue weighted by molar-refractivity contribution is 5.88. The summed E-state index contributed by atoms with van der Waals surface area (Å²) < 4.78 is 0. The molecule has 1 unspecified atom stereocenters. The molecular weight excluding hydrogens is 687 g/mol. The SMILES string of the molecule is CCCCCCCCCCCC(=O)N(C(CCCCCCCCCCC)CCCCCCCCCCC)C(CC1CCN(C)CC1)C(=O)NC1CCCCCC1. The van der Waals surface area contributed by atoms with E-state index < -0.39 is 0 Å². The van der Waals surface area contributed by atoms with Gasteiger partial charge in [0.05, 0.1) is 0 Å². The third-order valence-electron chi connectivity index (χ3n) is 13.7. The highest BCUT2D eigenvalue weighted by atomic mass is 16.2. The number of likely N-dealkylation sites (tertiary alicyclic amines) is 1. The molecule has 1 aliphatic heterocycles. The van der Waals surface area contributed by atoms with Crippen LogP contribution < -0.4 is 5.32 Å². The van der Waals surface area contributed by atoms with Crippen molar-refractivity contribution < 1.29 is 9.59 Å². The van der Waals surface area contributed by atoms with Gasteiger partial charge in [-0.15, -0.1) is 0 Å². The van der Waals surface area contributed by atoms with Crippen LogP contribution in [0.3, 0.4) is 0 Å². The Balaban J connectivity index is 2.24. The molecular formula is C51H99N3O2. The Morgan fingerprint density at radius 1 is 0.536 bits per heavy atom. The molecule has 1 N–H and O–H groups in total. The van der Waals surface area contributed by atoms with Crippen LogP contribution >= 0.6 is 0 Å². The normalized spacial score (nSPS) is 16.7. The van der Waals surface area contributed by atoms with Gasteiger partial charge in [0.2, 0.25) is 11.8 Å². The predicted octanol–water partition coefficient (Wildman–Crippen LogP) is 14.9. The molecule has 0 radical (unpaired) electrons. The van der Waals surface area contributed by atoms with Crippen molar-refractivity contribution in [2.24, 2.45) is 5.92 Å². The molecule has 2 rings (SSSR count). The molecule has 1 heterocycles. The smallest absolute Gasteiger partial charge is 0.243 e. The minimum Gasteiger partial charge on any atom is -0.352 e. The zero-order valence-electron chi connectivity index (χ0n) is 38.5. The molecule has 0 spiro atoms. The van der Waals surface area contributed by atoms with E-state index in [4.69, 9.17) is 0 Å². The lowest BCUT2D eigenvalue weighted by molar-refractivity contribution is -0.145. The van der Waals surface area contributed by atoms with Crippen LogP contribution in [0, 0.1) is 5.92 Å². The Hall–Kier alpha value is -1.10. The molecule has 0 aromatic carbocycles. The molecule has 1 aliphatic carbocycles. The summed E-state index contributed by atoms with van der Waals surface area (Å²) in [4.78, 5) is 34.3. The number of amides is 2. The van der Waals surface area contributed by atoms with Gasteiger partial charge in [0.1, 0.15) is 6.04 Å². The second-order valence-electron chi connectivity index (χ2n) is 19.0. The molecule has 1 atom stereocenters. The van der Waals surface area contributed by atoms with E-state index in [9.17, 15) is 9.59 Å². The third kappa shape index (κ3) is 25.4. The number of carbonyl (C=O) groups is 2.